The molecule has 0 spiro atoms. The molecule has 28 heavy (non-hydrogen) atoms. The van der Waals surface area contributed by atoms with E-state index in [0.29, 0.717) is 28.9 Å². The fourth-order valence-corrected chi connectivity index (χ4v) is 3.81. The number of aliphatic hydroxyl groups is 1. The Morgan fingerprint density at radius 3 is 2.79 bits per heavy atom. The van der Waals surface area contributed by atoms with Crippen LogP contribution in [-0.2, 0) is 13.0 Å². The topological polar surface area (TPSA) is 95.0 Å². The van der Waals surface area contributed by atoms with Crippen LogP contribution in [0.3, 0.4) is 0 Å². The number of carbonyl (C=O) groups is 1. The van der Waals surface area contributed by atoms with E-state index in [1.165, 1.54) is 33.1 Å². The molecule has 0 aliphatic heterocycles. The lowest BCUT2D eigenvalue weighted by atomic mass is 10.0. The summed E-state index contributed by atoms with van der Waals surface area (Å²) in [5, 5.41) is 23.6. The Balaban J connectivity index is 2.08. The zero-order chi connectivity index (χ0) is 20.4. The lowest BCUT2D eigenvalue weighted by molar-refractivity contribution is 0.215. The van der Waals surface area contributed by atoms with Crippen molar-refractivity contribution in [3.05, 3.63) is 56.9 Å². The summed E-state index contributed by atoms with van der Waals surface area (Å²) in [5.41, 5.74) is 2.38. The third kappa shape index (κ3) is 3.78. The van der Waals surface area contributed by atoms with E-state index in [1.54, 1.807) is 26.2 Å². The van der Waals surface area contributed by atoms with Crippen molar-refractivity contribution < 1.29 is 14.3 Å². The quantitative estimate of drug-likeness (QED) is 0.728. The number of hydrogen-bond donors (Lipinski definition) is 1. The first-order chi connectivity index (χ1) is 13.3. The third-order valence-electron chi connectivity index (χ3n) is 4.10. The van der Waals surface area contributed by atoms with Crippen molar-refractivity contribution >= 4 is 17.4 Å². The smallest absolute Gasteiger partial charge is 0.344 e. The Hall–Kier alpha value is -3.09. The molecule has 0 radical (unpaired) electrons. The number of nitriles is 1. The molecule has 2 aromatic heterocycles. The molecule has 0 saturated carbocycles. The van der Waals surface area contributed by atoms with Gasteiger partial charge in [-0.15, -0.1) is 11.3 Å². The molecule has 0 saturated heterocycles. The van der Waals surface area contributed by atoms with E-state index in [9.17, 15) is 14.3 Å². The number of aryl methyl sites for hydroxylation is 1. The highest BCUT2D eigenvalue weighted by Crippen LogP contribution is 2.33. The van der Waals surface area contributed by atoms with Crippen molar-refractivity contribution in [3.63, 3.8) is 0 Å². The van der Waals surface area contributed by atoms with Gasteiger partial charge in [-0.3, -0.25) is 0 Å². The number of carbonyl (C=O) groups excluding carboxylic acids is 1. The predicted octanol–water partition coefficient (Wildman–Crippen LogP) is 2.94. The molecule has 1 aromatic carbocycles. The fourth-order valence-electron chi connectivity index (χ4n) is 2.84. The second kappa shape index (κ2) is 7.88. The molecule has 144 valence electrons. The van der Waals surface area contributed by atoms with Crippen LogP contribution in [0.2, 0.25) is 0 Å². The minimum absolute atomic E-state index is 0.144. The summed E-state index contributed by atoms with van der Waals surface area (Å²) in [6, 6.07) is 7.34. The van der Waals surface area contributed by atoms with Crippen molar-refractivity contribution in [2.24, 2.45) is 0 Å². The summed E-state index contributed by atoms with van der Waals surface area (Å²) in [6.45, 7) is 1.53. The van der Waals surface area contributed by atoms with Crippen molar-refractivity contribution in [1.29, 1.82) is 5.26 Å². The van der Waals surface area contributed by atoms with Gasteiger partial charge < -0.3 is 10.0 Å². The number of thiazole rings is 1. The van der Waals surface area contributed by atoms with Gasteiger partial charge in [0.15, 0.2) is 5.69 Å². The van der Waals surface area contributed by atoms with Gasteiger partial charge in [-0.2, -0.15) is 15.0 Å². The number of nitrogens with zero attached hydrogens (tertiary/aromatic N) is 5. The van der Waals surface area contributed by atoms with Crippen LogP contribution in [0, 0.1) is 24.1 Å². The van der Waals surface area contributed by atoms with Crippen molar-refractivity contribution in [2.45, 2.75) is 20.0 Å². The number of amides is 1. The largest absolute Gasteiger partial charge is 0.392 e. The molecule has 1 amide bonds. The molecule has 0 bridgehead atoms. The van der Waals surface area contributed by atoms with E-state index < -0.39 is 5.82 Å². The van der Waals surface area contributed by atoms with E-state index in [4.69, 9.17) is 5.26 Å². The van der Waals surface area contributed by atoms with Gasteiger partial charge in [0.05, 0.1) is 23.0 Å². The summed E-state index contributed by atoms with van der Waals surface area (Å²) in [6.07, 6.45) is 0.317. The van der Waals surface area contributed by atoms with Crippen LogP contribution in [0.15, 0.2) is 24.3 Å². The lowest BCUT2D eigenvalue weighted by Gasteiger charge is -2.12. The van der Waals surface area contributed by atoms with Gasteiger partial charge >= 0.3 is 6.03 Å². The van der Waals surface area contributed by atoms with Crippen LogP contribution in [0.25, 0.3) is 11.3 Å². The van der Waals surface area contributed by atoms with Crippen LogP contribution in [-0.4, -0.2) is 44.9 Å². The molecule has 0 fully saturated rings. The maximum absolute atomic E-state index is 13.5. The van der Waals surface area contributed by atoms with Gasteiger partial charge in [0.2, 0.25) is 0 Å². The summed E-state index contributed by atoms with van der Waals surface area (Å²) >= 11 is 1.44. The molecule has 3 aromatic rings. The second-order valence-corrected chi connectivity index (χ2v) is 7.65. The number of rotatable bonds is 4. The van der Waals surface area contributed by atoms with Gasteiger partial charge in [0.1, 0.15) is 11.9 Å². The van der Waals surface area contributed by atoms with Crippen LogP contribution >= 0.6 is 11.3 Å². The maximum atomic E-state index is 13.5. The van der Waals surface area contributed by atoms with Crippen molar-refractivity contribution in [2.75, 3.05) is 14.1 Å². The maximum Gasteiger partial charge on any atom is 0.344 e. The van der Waals surface area contributed by atoms with Crippen molar-refractivity contribution in [1.82, 2.24) is 19.7 Å². The first-order valence-corrected chi connectivity index (χ1v) is 9.22. The van der Waals surface area contributed by atoms with E-state index >= 15 is 0 Å². The molecule has 2 heterocycles. The molecule has 7 nitrogen and oxygen atoms in total. The Morgan fingerprint density at radius 2 is 2.14 bits per heavy atom. The van der Waals surface area contributed by atoms with Gasteiger partial charge in [0.25, 0.3) is 0 Å². The van der Waals surface area contributed by atoms with Crippen molar-refractivity contribution in [3.8, 4) is 17.3 Å². The molecular weight excluding hydrogens is 381 g/mol. The van der Waals surface area contributed by atoms with Crippen LogP contribution in [0.4, 0.5) is 9.18 Å². The van der Waals surface area contributed by atoms with Crippen LogP contribution in [0.5, 0.6) is 0 Å². The standard InChI is InChI=1S/C19H18FN5O2S/c1-11-22-18(16-5-4-13(20)6-12(16)10-26)17(28-11)8-15-7-14(9-21)23-25(15)19(27)24(2)3/h4-7,26H,8,10H2,1-3H3. The average molecular weight is 399 g/mol. The Labute approximate surface area is 165 Å². The molecule has 0 aliphatic carbocycles. The monoisotopic (exact) mass is 399 g/mol. The first-order valence-electron chi connectivity index (χ1n) is 8.40. The second-order valence-electron chi connectivity index (χ2n) is 6.36. The average Bonchev–Trinajstić information content (AvgIpc) is 3.24. The first kappa shape index (κ1) is 19.7. The van der Waals surface area contributed by atoms with Crippen LogP contribution in [0.1, 0.15) is 26.8 Å². The van der Waals surface area contributed by atoms with E-state index in [-0.39, 0.29) is 18.3 Å². The Morgan fingerprint density at radius 1 is 1.39 bits per heavy atom. The number of benzene rings is 1. The predicted molar refractivity (Wildman–Crippen MR) is 102 cm³/mol. The van der Waals surface area contributed by atoms with E-state index in [0.717, 1.165) is 9.88 Å². The molecular formula is C19H18FN5O2S. The van der Waals surface area contributed by atoms with E-state index in [2.05, 4.69) is 10.1 Å². The van der Waals surface area contributed by atoms with Gasteiger partial charge in [0, 0.05) is 31.0 Å². The molecule has 0 atom stereocenters. The van der Waals surface area contributed by atoms with Gasteiger partial charge in [-0.05, 0) is 36.8 Å². The molecule has 9 heteroatoms. The zero-order valence-electron chi connectivity index (χ0n) is 15.6. The Bertz CT molecular complexity index is 1080. The third-order valence-corrected chi connectivity index (χ3v) is 5.07. The minimum Gasteiger partial charge on any atom is -0.392 e. The Kier molecular flexibility index (Phi) is 5.53. The molecule has 0 unspecified atom stereocenters. The number of aromatic nitrogens is 3. The number of aliphatic hydroxyl groups excluding tert-OH is 1. The molecule has 1 N–H and O–H groups in total. The molecule has 0 aliphatic rings. The summed E-state index contributed by atoms with van der Waals surface area (Å²) < 4.78 is 14.8. The minimum atomic E-state index is -0.436. The highest BCUT2D eigenvalue weighted by atomic mass is 32.1. The van der Waals surface area contributed by atoms with Crippen LogP contribution < -0.4 is 0 Å². The lowest BCUT2D eigenvalue weighted by Crippen LogP contribution is -2.29. The molecule has 3 rings (SSSR count). The normalized spacial score (nSPS) is 10.7. The summed E-state index contributed by atoms with van der Waals surface area (Å²) in [7, 11) is 3.21. The number of halogens is 1. The zero-order valence-corrected chi connectivity index (χ0v) is 16.4. The summed E-state index contributed by atoms with van der Waals surface area (Å²) in [5.74, 6) is -0.436. The SMILES string of the molecule is Cc1nc(-c2ccc(F)cc2CO)c(Cc2cc(C#N)nn2C(=O)N(C)C)s1. The highest BCUT2D eigenvalue weighted by molar-refractivity contribution is 7.12. The highest BCUT2D eigenvalue weighted by Gasteiger charge is 2.21. The fraction of sp³-hybridized carbons (Fsp3) is 0.263. The van der Waals surface area contributed by atoms with E-state index in [1.807, 2.05) is 13.0 Å². The van der Waals surface area contributed by atoms with Gasteiger partial charge in [-0.25, -0.2) is 14.2 Å². The van der Waals surface area contributed by atoms with Gasteiger partial charge in [-0.1, -0.05) is 0 Å². The summed E-state index contributed by atoms with van der Waals surface area (Å²) in [4.78, 5) is 19.2. The number of hydrogen-bond acceptors (Lipinski definition) is 6.